The molecule has 0 aromatic heterocycles. The van der Waals surface area contributed by atoms with E-state index in [1.54, 1.807) is 24.3 Å². The number of carbonyl (C=O) groups excluding carboxylic acids is 3. The fourth-order valence-electron chi connectivity index (χ4n) is 5.39. The van der Waals surface area contributed by atoms with Gasteiger partial charge in [-0.25, -0.2) is 9.80 Å². The highest BCUT2D eigenvalue weighted by atomic mass is 16.5. The van der Waals surface area contributed by atoms with Gasteiger partial charge >= 0.3 is 5.97 Å². The molecule has 0 spiro atoms. The first kappa shape index (κ1) is 28.6. The second-order valence-corrected chi connectivity index (χ2v) is 10.7. The zero-order chi connectivity index (χ0) is 30.3. The number of esters is 1. The monoisotopic (exact) mass is 581 g/mol. The van der Waals surface area contributed by atoms with Crippen LogP contribution in [-0.4, -0.2) is 41.2 Å². The summed E-state index contributed by atoms with van der Waals surface area (Å²) in [6.45, 7) is -0.511. The first-order valence-electron chi connectivity index (χ1n) is 14.6. The summed E-state index contributed by atoms with van der Waals surface area (Å²) in [5.74, 6) is -1.54. The zero-order valence-electron chi connectivity index (χ0n) is 24.0. The first-order chi connectivity index (χ1) is 21.5. The number of hydrazone groups is 1. The fraction of sp³-hybridized carbons (Fsp3) is 0.135. The molecular weight excluding hydrogens is 550 g/mol. The van der Waals surface area contributed by atoms with Crippen molar-refractivity contribution in [3.05, 3.63) is 156 Å². The molecule has 5 aromatic carbocycles. The molecule has 0 saturated heterocycles. The van der Waals surface area contributed by atoms with Crippen molar-refractivity contribution in [2.24, 2.45) is 5.10 Å². The van der Waals surface area contributed by atoms with Gasteiger partial charge < -0.3 is 10.1 Å². The lowest BCUT2D eigenvalue weighted by Gasteiger charge is -2.23. The Kier molecular flexibility index (Phi) is 8.55. The molecule has 2 amide bonds. The molecule has 5 aromatic rings. The highest BCUT2D eigenvalue weighted by Gasteiger charge is 2.34. The van der Waals surface area contributed by atoms with Gasteiger partial charge in [0.15, 0.2) is 6.61 Å². The van der Waals surface area contributed by atoms with Gasteiger partial charge in [0.1, 0.15) is 6.04 Å². The van der Waals surface area contributed by atoms with Crippen LogP contribution in [0.4, 0.5) is 0 Å². The largest absolute Gasteiger partial charge is 0.454 e. The van der Waals surface area contributed by atoms with Crippen LogP contribution in [0, 0.1) is 0 Å². The number of fused-ring (bicyclic) bond motifs is 1. The van der Waals surface area contributed by atoms with E-state index in [0.29, 0.717) is 12.0 Å². The Bertz CT molecular complexity index is 1810. The summed E-state index contributed by atoms with van der Waals surface area (Å²) in [7, 11) is 0. The summed E-state index contributed by atoms with van der Waals surface area (Å²) in [5, 5.41) is 11.2. The fourth-order valence-corrected chi connectivity index (χ4v) is 5.39. The molecule has 0 bridgehead atoms. The third-order valence-corrected chi connectivity index (χ3v) is 7.68. The van der Waals surface area contributed by atoms with Gasteiger partial charge in [-0.05, 0) is 45.7 Å². The second-order valence-electron chi connectivity index (χ2n) is 10.7. The molecule has 0 saturated carbocycles. The van der Waals surface area contributed by atoms with Crippen LogP contribution >= 0.6 is 0 Å². The van der Waals surface area contributed by atoms with Crippen molar-refractivity contribution in [2.45, 2.75) is 24.9 Å². The molecule has 1 aliphatic heterocycles. The van der Waals surface area contributed by atoms with E-state index in [1.807, 2.05) is 97.1 Å². The van der Waals surface area contributed by atoms with Crippen LogP contribution < -0.4 is 5.32 Å². The normalized spacial score (nSPS) is 15.0. The van der Waals surface area contributed by atoms with Gasteiger partial charge in [0.2, 0.25) is 0 Å². The molecule has 0 aliphatic carbocycles. The highest BCUT2D eigenvalue weighted by molar-refractivity contribution is 6.05. The average molecular weight is 582 g/mol. The maximum Gasteiger partial charge on any atom is 0.329 e. The van der Waals surface area contributed by atoms with E-state index in [1.165, 1.54) is 5.01 Å². The van der Waals surface area contributed by atoms with Gasteiger partial charge in [0, 0.05) is 18.4 Å². The number of rotatable bonds is 9. The topological polar surface area (TPSA) is 88.1 Å². The van der Waals surface area contributed by atoms with E-state index in [9.17, 15) is 14.4 Å². The van der Waals surface area contributed by atoms with Crippen molar-refractivity contribution in [3.8, 4) is 0 Å². The molecule has 44 heavy (non-hydrogen) atoms. The number of nitrogens with one attached hydrogen (secondary N) is 1. The number of amides is 2. The van der Waals surface area contributed by atoms with Crippen LogP contribution in [0.15, 0.2) is 139 Å². The Morgan fingerprint density at radius 2 is 1.41 bits per heavy atom. The summed E-state index contributed by atoms with van der Waals surface area (Å²) in [6, 6.07) is 40.6. The van der Waals surface area contributed by atoms with E-state index in [4.69, 9.17) is 9.84 Å². The van der Waals surface area contributed by atoms with Crippen molar-refractivity contribution in [2.75, 3.05) is 6.61 Å². The van der Waals surface area contributed by atoms with Crippen molar-refractivity contribution in [1.82, 2.24) is 10.3 Å². The Hall–Kier alpha value is -5.56. The maximum atomic E-state index is 13.6. The zero-order valence-corrected chi connectivity index (χ0v) is 24.0. The summed E-state index contributed by atoms with van der Waals surface area (Å²) < 4.78 is 5.56. The number of nitrogens with zero attached hydrogens (tertiary/aromatic N) is 2. The SMILES string of the molecule is O=C(N[C@H](Cc1ccccc1)C(=O)OCC(=O)N1N=C(c2ccc3ccccc3c2)C[C@@H]1c1ccccc1)c1ccccc1. The third kappa shape index (κ3) is 6.57. The smallest absolute Gasteiger partial charge is 0.329 e. The number of carbonyl (C=O) groups is 3. The Morgan fingerprint density at radius 3 is 2.14 bits per heavy atom. The molecule has 0 unspecified atom stereocenters. The summed E-state index contributed by atoms with van der Waals surface area (Å²) in [5.41, 5.74) is 3.92. The van der Waals surface area contributed by atoms with Crippen molar-refractivity contribution >= 4 is 34.3 Å². The van der Waals surface area contributed by atoms with Crippen LogP contribution in [0.2, 0.25) is 0 Å². The average Bonchev–Trinajstić information content (AvgIpc) is 3.54. The number of hydrogen-bond donors (Lipinski definition) is 1. The van der Waals surface area contributed by atoms with E-state index in [2.05, 4.69) is 17.4 Å². The van der Waals surface area contributed by atoms with E-state index in [0.717, 1.165) is 33.2 Å². The summed E-state index contributed by atoms with van der Waals surface area (Å²) in [4.78, 5) is 39.9. The third-order valence-electron chi connectivity index (χ3n) is 7.68. The lowest BCUT2D eigenvalue weighted by atomic mass is 9.97. The van der Waals surface area contributed by atoms with Crippen LogP contribution in [0.5, 0.6) is 0 Å². The molecule has 218 valence electrons. The standard InChI is InChI=1S/C37H31N3O4/c41-35(25-44-37(43)33(22-26-12-4-1-5-13-26)38-36(42)29-17-8-3-9-18-29)40-34(28-15-6-2-7-16-28)24-32(39-40)31-21-20-27-14-10-11-19-30(27)23-31/h1-21,23,33-34H,22,24-25H2,(H,38,42)/t33-,34-/m1/s1. The van der Waals surface area contributed by atoms with E-state index < -0.39 is 30.4 Å². The quantitative estimate of drug-likeness (QED) is 0.213. The van der Waals surface area contributed by atoms with Gasteiger partial charge in [-0.2, -0.15) is 5.10 Å². The molecule has 6 rings (SSSR count). The molecule has 0 radical (unpaired) electrons. The predicted octanol–water partition coefficient (Wildman–Crippen LogP) is 6.10. The van der Waals surface area contributed by atoms with Gasteiger partial charge in [0.25, 0.3) is 11.8 Å². The van der Waals surface area contributed by atoms with Crippen LogP contribution in [0.25, 0.3) is 10.8 Å². The molecule has 7 nitrogen and oxygen atoms in total. The molecule has 0 fully saturated rings. The van der Waals surface area contributed by atoms with E-state index in [-0.39, 0.29) is 12.5 Å². The molecular formula is C37H31N3O4. The van der Waals surface area contributed by atoms with Crippen molar-refractivity contribution in [1.29, 1.82) is 0 Å². The van der Waals surface area contributed by atoms with E-state index >= 15 is 0 Å². The molecule has 7 heteroatoms. The van der Waals surface area contributed by atoms with Gasteiger partial charge in [-0.3, -0.25) is 9.59 Å². The Balaban J connectivity index is 1.20. The lowest BCUT2D eigenvalue weighted by Crippen LogP contribution is -2.44. The predicted molar refractivity (Wildman–Crippen MR) is 170 cm³/mol. The number of ether oxygens (including phenoxy) is 1. The number of benzene rings is 5. The van der Waals surface area contributed by atoms with Gasteiger partial charge in [0.05, 0.1) is 11.8 Å². The maximum absolute atomic E-state index is 13.6. The summed E-state index contributed by atoms with van der Waals surface area (Å²) >= 11 is 0. The van der Waals surface area contributed by atoms with Crippen LogP contribution in [0.1, 0.15) is 39.5 Å². The van der Waals surface area contributed by atoms with Crippen LogP contribution in [0.3, 0.4) is 0 Å². The number of hydrogen-bond acceptors (Lipinski definition) is 5. The minimum atomic E-state index is -0.988. The summed E-state index contributed by atoms with van der Waals surface area (Å²) in [6.07, 6.45) is 0.735. The van der Waals surface area contributed by atoms with Crippen molar-refractivity contribution < 1.29 is 19.1 Å². The highest BCUT2D eigenvalue weighted by Crippen LogP contribution is 2.33. The Labute approximate surface area is 255 Å². The van der Waals surface area contributed by atoms with Crippen LogP contribution in [-0.2, 0) is 20.7 Å². The Morgan fingerprint density at radius 1 is 0.773 bits per heavy atom. The first-order valence-corrected chi connectivity index (χ1v) is 14.6. The second kappa shape index (κ2) is 13.2. The molecule has 1 heterocycles. The molecule has 1 N–H and O–H groups in total. The minimum absolute atomic E-state index is 0.215. The minimum Gasteiger partial charge on any atom is -0.454 e. The van der Waals surface area contributed by atoms with Crippen molar-refractivity contribution in [3.63, 3.8) is 0 Å². The van der Waals surface area contributed by atoms with Gasteiger partial charge in [-0.15, -0.1) is 0 Å². The lowest BCUT2D eigenvalue weighted by molar-refractivity contribution is -0.154. The molecule has 1 aliphatic rings. The van der Waals surface area contributed by atoms with Gasteiger partial charge in [-0.1, -0.05) is 115 Å². The molecule has 2 atom stereocenters.